The third-order valence-corrected chi connectivity index (χ3v) is 5.61. The number of hydrogen-bond acceptors (Lipinski definition) is 2. The van der Waals surface area contributed by atoms with Crippen LogP contribution in [-0.4, -0.2) is 29.6 Å². The highest BCUT2D eigenvalue weighted by Crippen LogP contribution is 2.27. The standard InChI is InChI=1S/C18H29BrN2/c1-5-18(6-2)13-21(17(11-20-18)14(3)4)12-15-7-9-16(19)10-8-15/h7-10,14,17,20H,5-6,11-13H2,1-4H3. The van der Waals surface area contributed by atoms with E-state index in [1.807, 2.05) is 0 Å². The lowest BCUT2D eigenvalue weighted by molar-refractivity contribution is 0.0443. The molecule has 2 nitrogen and oxygen atoms in total. The Kier molecular flexibility index (Phi) is 5.87. The molecule has 118 valence electrons. The maximum Gasteiger partial charge on any atom is 0.0304 e. The number of rotatable bonds is 5. The molecule has 0 aliphatic carbocycles. The second-order valence-corrected chi connectivity index (χ2v) is 7.63. The summed E-state index contributed by atoms with van der Waals surface area (Å²) in [5, 5.41) is 3.84. The van der Waals surface area contributed by atoms with Gasteiger partial charge < -0.3 is 5.32 Å². The highest BCUT2D eigenvalue weighted by molar-refractivity contribution is 9.10. The first-order valence-electron chi connectivity index (χ1n) is 8.23. The quantitative estimate of drug-likeness (QED) is 0.842. The van der Waals surface area contributed by atoms with E-state index in [2.05, 4.69) is 78.1 Å². The molecule has 1 aliphatic rings. The molecule has 1 aromatic carbocycles. The minimum absolute atomic E-state index is 0.292. The van der Waals surface area contributed by atoms with Gasteiger partial charge in [-0.2, -0.15) is 0 Å². The van der Waals surface area contributed by atoms with Gasteiger partial charge in [0.25, 0.3) is 0 Å². The van der Waals surface area contributed by atoms with Crippen molar-refractivity contribution in [3.05, 3.63) is 34.3 Å². The van der Waals surface area contributed by atoms with Gasteiger partial charge in [0, 0.05) is 35.7 Å². The van der Waals surface area contributed by atoms with E-state index in [4.69, 9.17) is 0 Å². The monoisotopic (exact) mass is 352 g/mol. The van der Waals surface area contributed by atoms with Crippen molar-refractivity contribution in [2.75, 3.05) is 13.1 Å². The van der Waals surface area contributed by atoms with Crippen molar-refractivity contribution in [3.63, 3.8) is 0 Å². The van der Waals surface area contributed by atoms with Gasteiger partial charge in [-0.05, 0) is 36.5 Å². The SMILES string of the molecule is CCC1(CC)CN(Cc2ccc(Br)cc2)C(C(C)C)CN1. The van der Waals surface area contributed by atoms with Crippen LogP contribution >= 0.6 is 15.9 Å². The lowest BCUT2D eigenvalue weighted by atomic mass is 9.86. The zero-order valence-corrected chi connectivity index (χ0v) is 15.4. The zero-order chi connectivity index (χ0) is 15.5. The van der Waals surface area contributed by atoms with Gasteiger partial charge in [0.05, 0.1) is 0 Å². The molecule has 2 rings (SSSR count). The van der Waals surface area contributed by atoms with Crippen molar-refractivity contribution in [1.29, 1.82) is 0 Å². The molecule has 1 aromatic rings. The molecule has 1 fully saturated rings. The van der Waals surface area contributed by atoms with Crippen molar-refractivity contribution in [3.8, 4) is 0 Å². The van der Waals surface area contributed by atoms with E-state index >= 15 is 0 Å². The number of hydrogen-bond donors (Lipinski definition) is 1. The number of benzene rings is 1. The van der Waals surface area contributed by atoms with Crippen LogP contribution in [0.25, 0.3) is 0 Å². The maximum absolute atomic E-state index is 3.84. The van der Waals surface area contributed by atoms with Crippen molar-refractivity contribution in [2.24, 2.45) is 5.92 Å². The molecule has 0 amide bonds. The van der Waals surface area contributed by atoms with E-state index in [0.717, 1.165) is 24.1 Å². The van der Waals surface area contributed by atoms with E-state index in [-0.39, 0.29) is 0 Å². The Hall–Kier alpha value is -0.380. The minimum Gasteiger partial charge on any atom is -0.308 e. The van der Waals surface area contributed by atoms with Gasteiger partial charge in [-0.15, -0.1) is 0 Å². The van der Waals surface area contributed by atoms with E-state index in [1.54, 1.807) is 0 Å². The Balaban J connectivity index is 2.15. The van der Waals surface area contributed by atoms with Crippen LogP contribution in [0.2, 0.25) is 0 Å². The Morgan fingerprint density at radius 3 is 2.38 bits per heavy atom. The summed E-state index contributed by atoms with van der Waals surface area (Å²) in [7, 11) is 0. The average Bonchev–Trinajstić information content (AvgIpc) is 2.49. The maximum atomic E-state index is 3.84. The predicted molar refractivity (Wildman–Crippen MR) is 94.5 cm³/mol. The fourth-order valence-electron chi connectivity index (χ4n) is 3.39. The Morgan fingerprint density at radius 2 is 1.86 bits per heavy atom. The lowest BCUT2D eigenvalue weighted by Crippen LogP contribution is -2.64. The van der Waals surface area contributed by atoms with Crippen molar-refractivity contribution in [1.82, 2.24) is 10.2 Å². The molecule has 0 radical (unpaired) electrons. The molecule has 21 heavy (non-hydrogen) atoms. The molecule has 1 unspecified atom stereocenters. The number of nitrogens with zero attached hydrogens (tertiary/aromatic N) is 1. The van der Waals surface area contributed by atoms with Crippen LogP contribution in [0.3, 0.4) is 0 Å². The Bertz CT molecular complexity index is 437. The molecule has 0 bridgehead atoms. The van der Waals surface area contributed by atoms with E-state index in [0.29, 0.717) is 17.5 Å². The van der Waals surface area contributed by atoms with Gasteiger partial charge in [0.2, 0.25) is 0 Å². The fourth-order valence-corrected chi connectivity index (χ4v) is 3.65. The van der Waals surface area contributed by atoms with E-state index in [9.17, 15) is 0 Å². The molecule has 0 aromatic heterocycles. The fraction of sp³-hybridized carbons (Fsp3) is 0.667. The third kappa shape index (κ3) is 4.08. The van der Waals surface area contributed by atoms with Gasteiger partial charge in [-0.25, -0.2) is 0 Å². The summed E-state index contributed by atoms with van der Waals surface area (Å²) in [4.78, 5) is 2.69. The molecule has 1 saturated heterocycles. The Labute approximate surface area is 138 Å². The van der Waals surface area contributed by atoms with Gasteiger partial charge in [-0.1, -0.05) is 55.8 Å². The van der Waals surface area contributed by atoms with Crippen LogP contribution in [0, 0.1) is 5.92 Å². The first kappa shape index (κ1) is 17.0. The van der Waals surface area contributed by atoms with Crippen LogP contribution in [0.4, 0.5) is 0 Å². The van der Waals surface area contributed by atoms with E-state index in [1.165, 1.54) is 18.4 Å². The van der Waals surface area contributed by atoms with Gasteiger partial charge >= 0.3 is 0 Å². The number of piperazine rings is 1. The van der Waals surface area contributed by atoms with Crippen molar-refractivity contribution in [2.45, 2.75) is 58.7 Å². The van der Waals surface area contributed by atoms with Crippen LogP contribution in [0.15, 0.2) is 28.7 Å². The van der Waals surface area contributed by atoms with Crippen molar-refractivity contribution < 1.29 is 0 Å². The summed E-state index contributed by atoms with van der Waals surface area (Å²) >= 11 is 3.52. The largest absolute Gasteiger partial charge is 0.308 e. The summed E-state index contributed by atoms with van der Waals surface area (Å²) in [6, 6.07) is 9.40. The first-order chi connectivity index (χ1) is 9.99. The molecule has 1 heterocycles. The smallest absolute Gasteiger partial charge is 0.0304 e. The highest BCUT2D eigenvalue weighted by atomic mass is 79.9. The normalized spacial score (nSPS) is 22.7. The molecule has 0 saturated carbocycles. The number of halogens is 1. The number of nitrogens with one attached hydrogen (secondary N) is 1. The van der Waals surface area contributed by atoms with Crippen molar-refractivity contribution >= 4 is 15.9 Å². The topological polar surface area (TPSA) is 15.3 Å². The van der Waals surface area contributed by atoms with Gasteiger partial charge in [0.1, 0.15) is 0 Å². The molecule has 3 heteroatoms. The zero-order valence-electron chi connectivity index (χ0n) is 13.8. The summed E-state index contributed by atoms with van der Waals surface area (Å²) in [6.07, 6.45) is 2.40. The molecule has 0 spiro atoms. The summed E-state index contributed by atoms with van der Waals surface area (Å²) in [5.74, 6) is 0.680. The predicted octanol–water partition coefficient (Wildman–Crippen LogP) is 4.44. The summed E-state index contributed by atoms with van der Waals surface area (Å²) < 4.78 is 1.16. The molecular weight excluding hydrogens is 324 g/mol. The van der Waals surface area contributed by atoms with Crippen LogP contribution in [0.1, 0.15) is 46.1 Å². The lowest BCUT2D eigenvalue weighted by Gasteiger charge is -2.49. The van der Waals surface area contributed by atoms with Gasteiger partial charge in [0.15, 0.2) is 0 Å². The third-order valence-electron chi connectivity index (χ3n) is 5.08. The highest BCUT2D eigenvalue weighted by Gasteiger charge is 2.37. The molecule has 1 atom stereocenters. The second kappa shape index (κ2) is 7.26. The van der Waals surface area contributed by atoms with Crippen LogP contribution in [-0.2, 0) is 6.54 Å². The van der Waals surface area contributed by atoms with E-state index < -0.39 is 0 Å². The minimum atomic E-state index is 0.292. The van der Waals surface area contributed by atoms with Gasteiger partial charge in [-0.3, -0.25) is 4.90 Å². The average molecular weight is 353 g/mol. The molecular formula is C18H29BrN2. The van der Waals surface area contributed by atoms with Crippen LogP contribution in [0.5, 0.6) is 0 Å². The summed E-state index contributed by atoms with van der Waals surface area (Å²) in [5.41, 5.74) is 1.70. The second-order valence-electron chi connectivity index (χ2n) is 6.71. The molecule has 1 aliphatic heterocycles. The first-order valence-corrected chi connectivity index (χ1v) is 9.02. The van der Waals surface area contributed by atoms with Crippen LogP contribution < -0.4 is 5.32 Å². The summed E-state index contributed by atoms with van der Waals surface area (Å²) in [6.45, 7) is 12.6. The Morgan fingerprint density at radius 1 is 1.24 bits per heavy atom. The molecule has 1 N–H and O–H groups in total.